The van der Waals surface area contributed by atoms with Crippen molar-refractivity contribution >= 4 is 20.2 Å². The van der Waals surface area contributed by atoms with Crippen LogP contribution in [0, 0.1) is 20.2 Å². The van der Waals surface area contributed by atoms with Gasteiger partial charge in [0, 0.05) is 0 Å². The van der Waals surface area contributed by atoms with E-state index in [1.165, 1.54) is 0 Å². The van der Waals surface area contributed by atoms with Gasteiger partial charge in [-0.15, -0.1) is 0 Å². The average molecular weight is 430 g/mol. The summed E-state index contributed by atoms with van der Waals surface area (Å²) in [6.07, 6.45) is 0. The van der Waals surface area contributed by atoms with Crippen molar-refractivity contribution < 1.29 is 61.4 Å². The highest BCUT2D eigenvalue weighted by Gasteiger charge is 2.62. The van der Waals surface area contributed by atoms with Gasteiger partial charge in [0.2, 0.25) is 13.2 Å². The predicted molar refractivity (Wildman–Crippen MR) is 58.6 cm³/mol. The molecule has 0 atom stereocenters. The number of alkyl halides is 6. The summed E-state index contributed by atoms with van der Waals surface area (Å²) in [4.78, 5) is 16.9. The fraction of sp³-hybridized carbons (Fsp3) is 1.00. The van der Waals surface area contributed by atoms with Gasteiger partial charge in [-0.3, -0.25) is 20.2 Å². The topological polar surface area (TPSA) is 173 Å². The Morgan fingerprint density at radius 1 is 0.720 bits per heavy atom. The molecule has 0 N–H and O–H groups in total. The van der Waals surface area contributed by atoms with Gasteiger partial charge in [0.15, 0.2) is 0 Å². The van der Waals surface area contributed by atoms with Gasteiger partial charge < -0.3 is 0 Å². The molecule has 0 spiro atoms. The van der Waals surface area contributed by atoms with Crippen molar-refractivity contribution in [3.05, 3.63) is 20.2 Å². The molecule has 0 heterocycles. The average Bonchev–Trinajstić information content (AvgIpc) is 2.35. The van der Waals surface area contributed by atoms with E-state index in [-0.39, 0.29) is 0 Å². The number of rotatable bonds is 8. The van der Waals surface area contributed by atoms with Crippen LogP contribution in [-0.2, 0) is 28.6 Å². The summed E-state index contributed by atoms with van der Waals surface area (Å²) in [6, 6.07) is 0. The van der Waals surface area contributed by atoms with Crippen LogP contribution in [0.4, 0.5) is 26.3 Å². The van der Waals surface area contributed by atoms with Crippen LogP contribution in [0.5, 0.6) is 0 Å². The number of nitrogens with zero attached hydrogens (tertiary/aromatic N) is 2. The molecule has 0 aromatic carbocycles. The third-order valence-corrected chi connectivity index (χ3v) is 4.13. The molecule has 0 aromatic heterocycles. The van der Waals surface area contributed by atoms with Crippen molar-refractivity contribution in [1.82, 2.24) is 0 Å². The van der Waals surface area contributed by atoms with Crippen molar-refractivity contribution in [2.24, 2.45) is 0 Å². The van der Waals surface area contributed by atoms with Crippen molar-refractivity contribution in [3.8, 4) is 0 Å². The van der Waals surface area contributed by atoms with Crippen LogP contribution in [0.3, 0.4) is 0 Å². The molecular weight excluding hydrogens is 426 g/mol. The predicted octanol–water partition coefficient (Wildman–Crippen LogP) is -0.0315. The molecule has 148 valence electrons. The normalized spacial score (nSPS) is 14.3. The van der Waals surface area contributed by atoms with Crippen molar-refractivity contribution in [2.45, 2.75) is 16.7 Å². The minimum absolute atomic E-state index is 2.18. The Balaban J connectivity index is 5.73. The molecular formula is C5H4F6N2O10S2. The first-order valence-electron chi connectivity index (χ1n) is 5.00. The highest BCUT2D eigenvalue weighted by atomic mass is 32.2. The standard InChI is InChI=1S/C5H4F6N2O10S2/c6-4(7,8)24(18,19)22-1-3(12(14)15,13(16)17)2-23-25(20,21)5(9,10)11/h1-2H2. The lowest BCUT2D eigenvalue weighted by Gasteiger charge is -2.18. The Labute approximate surface area is 132 Å². The Morgan fingerprint density at radius 2 is 0.960 bits per heavy atom. The molecule has 0 saturated heterocycles. The van der Waals surface area contributed by atoms with Crippen LogP contribution in [0.1, 0.15) is 0 Å². The lowest BCUT2D eigenvalue weighted by atomic mass is 10.2. The highest BCUT2D eigenvalue weighted by Crippen LogP contribution is 2.28. The van der Waals surface area contributed by atoms with E-state index in [1.807, 2.05) is 0 Å². The smallest absolute Gasteiger partial charge is 0.258 e. The van der Waals surface area contributed by atoms with E-state index in [9.17, 15) is 63.4 Å². The first-order valence-corrected chi connectivity index (χ1v) is 7.82. The van der Waals surface area contributed by atoms with Gasteiger partial charge >= 0.3 is 36.9 Å². The minimum atomic E-state index is -6.62. The summed E-state index contributed by atoms with van der Waals surface area (Å²) in [6.45, 7) is -5.22. The summed E-state index contributed by atoms with van der Waals surface area (Å²) in [5, 5.41) is 21.3. The molecule has 0 bridgehead atoms. The number of hydrogen-bond donors (Lipinski definition) is 0. The molecule has 0 aliphatic rings. The summed E-state index contributed by atoms with van der Waals surface area (Å²) in [5.41, 5.74) is -16.7. The molecule has 0 amide bonds. The molecule has 0 aromatic rings. The molecule has 12 nitrogen and oxygen atoms in total. The van der Waals surface area contributed by atoms with E-state index in [2.05, 4.69) is 8.37 Å². The van der Waals surface area contributed by atoms with E-state index in [1.54, 1.807) is 0 Å². The van der Waals surface area contributed by atoms with Crippen LogP contribution in [0.15, 0.2) is 0 Å². The molecule has 0 fully saturated rings. The van der Waals surface area contributed by atoms with Gasteiger partial charge in [-0.2, -0.15) is 43.2 Å². The summed E-state index contributed by atoms with van der Waals surface area (Å²) >= 11 is 0. The van der Waals surface area contributed by atoms with Crippen LogP contribution >= 0.6 is 0 Å². The monoisotopic (exact) mass is 430 g/mol. The lowest BCUT2D eigenvalue weighted by Crippen LogP contribution is -2.55. The summed E-state index contributed by atoms with van der Waals surface area (Å²) in [5.74, 6) is 0. The fourth-order valence-electron chi connectivity index (χ4n) is 0.797. The molecule has 0 aliphatic carbocycles. The first kappa shape index (κ1) is 23.2. The highest BCUT2D eigenvalue weighted by molar-refractivity contribution is 7.87. The SMILES string of the molecule is O=[N+]([O-])C(COS(=O)(=O)C(F)(F)F)(COS(=O)(=O)C(F)(F)F)[N+](=O)[O-]. The van der Waals surface area contributed by atoms with Crippen LogP contribution in [-0.4, -0.2) is 56.6 Å². The van der Waals surface area contributed by atoms with Gasteiger partial charge in [-0.25, -0.2) is 8.37 Å². The Kier molecular flexibility index (Phi) is 6.35. The van der Waals surface area contributed by atoms with Gasteiger partial charge in [0.05, 0.1) is 0 Å². The van der Waals surface area contributed by atoms with Gasteiger partial charge in [-0.05, 0) is 0 Å². The second kappa shape index (κ2) is 6.84. The Hall–Kier alpha value is -1.80. The zero-order chi connectivity index (χ0) is 20.5. The van der Waals surface area contributed by atoms with E-state index in [4.69, 9.17) is 0 Å². The van der Waals surface area contributed by atoms with Crippen LogP contribution < -0.4 is 0 Å². The molecule has 0 aliphatic heterocycles. The zero-order valence-corrected chi connectivity index (χ0v) is 12.6. The first-order chi connectivity index (χ1) is 10.8. The second-order valence-electron chi connectivity index (χ2n) is 3.82. The summed E-state index contributed by atoms with van der Waals surface area (Å²) < 4.78 is 120. The van der Waals surface area contributed by atoms with Gasteiger partial charge in [-0.1, -0.05) is 0 Å². The molecule has 0 unspecified atom stereocenters. The quantitative estimate of drug-likeness (QED) is 0.127. The molecule has 0 radical (unpaired) electrons. The molecule has 0 rings (SSSR count). The number of nitro groups is 2. The molecule has 20 heteroatoms. The van der Waals surface area contributed by atoms with Crippen molar-refractivity contribution in [3.63, 3.8) is 0 Å². The number of hydrogen-bond acceptors (Lipinski definition) is 10. The largest absolute Gasteiger partial charge is 0.523 e. The van der Waals surface area contributed by atoms with E-state index in [0.717, 1.165) is 0 Å². The van der Waals surface area contributed by atoms with Crippen molar-refractivity contribution in [2.75, 3.05) is 13.2 Å². The summed E-state index contributed by atoms with van der Waals surface area (Å²) in [7, 11) is -13.2. The molecule has 0 saturated carbocycles. The Bertz CT molecular complexity index is 675. The maximum Gasteiger partial charge on any atom is 0.523 e. The second-order valence-corrected chi connectivity index (χ2v) is 7.03. The van der Waals surface area contributed by atoms with Crippen molar-refractivity contribution in [1.29, 1.82) is 0 Å². The van der Waals surface area contributed by atoms with E-state index in [0.29, 0.717) is 0 Å². The number of halogens is 6. The van der Waals surface area contributed by atoms with Crippen LogP contribution in [0.2, 0.25) is 0 Å². The van der Waals surface area contributed by atoms with E-state index < -0.39 is 60.0 Å². The maximum atomic E-state index is 12.0. The zero-order valence-electron chi connectivity index (χ0n) is 11.0. The fourth-order valence-corrected chi connectivity index (χ4v) is 1.75. The van der Waals surface area contributed by atoms with Crippen LogP contribution in [0.25, 0.3) is 0 Å². The maximum absolute atomic E-state index is 12.0. The Morgan fingerprint density at radius 3 is 1.12 bits per heavy atom. The van der Waals surface area contributed by atoms with Gasteiger partial charge in [0.1, 0.15) is 9.85 Å². The lowest BCUT2D eigenvalue weighted by molar-refractivity contribution is -0.798. The third kappa shape index (κ3) is 5.09. The molecule has 25 heavy (non-hydrogen) atoms. The third-order valence-electron chi connectivity index (χ3n) is 2.14. The van der Waals surface area contributed by atoms with E-state index >= 15 is 0 Å². The minimum Gasteiger partial charge on any atom is -0.258 e. The van der Waals surface area contributed by atoms with Gasteiger partial charge in [0.25, 0.3) is 0 Å².